The Labute approximate surface area is 239 Å². The monoisotopic (exact) mass is 558 g/mol. The first-order valence-corrected chi connectivity index (χ1v) is 15.6. The van der Waals surface area contributed by atoms with E-state index in [4.69, 9.17) is 18.9 Å². The summed E-state index contributed by atoms with van der Waals surface area (Å²) in [6, 6.07) is 8.49. The second-order valence-corrected chi connectivity index (χ2v) is 14.2. The van der Waals surface area contributed by atoms with Crippen molar-refractivity contribution in [2.45, 2.75) is 127 Å². The number of hydrogen-bond donors (Lipinski definition) is 3. The van der Waals surface area contributed by atoms with Crippen LogP contribution in [0.15, 0.2) is 24.3 Å². The number of methoxy groups -OCH3 is 2. The van der Waals surface area contributed by atoms with Crippen LogP contribution in [0.2, 0.25) is 0 Å². The lowest BCUT2D eigenvalue weighted by atomic mass is 9.43. The molecule has 6 rings (SSSR count). The number of rotatable bonds is 5. The van der Waals surface area contributed by atoms with Gasteiger partial charge >= 0.3 is 0 Å². The molecule has 1 heterocycles. The van der Waals surface area contributed by atoms with E-state index in [1.54, 1.807) is 14.0 Å². The molecule has 0 bridgehead atoms. The van der Waals surface area contributed by atoms with Crippen LogP contribution in [0, 0.1) is 28.6 Å². The summed E-state index contributed by atoms with van der Waals surface area (Å²) in [4.78, 5) is 0. The molecule has 7 nitrogen and oxygen atoms in total. The Morgan fingerprint density at radius 2 is 1.73 bits per heavy atom. The van der Waals surface area contributed by atoms with Crippen LogP contribution in [0.4, 0.5) is 0 Å². The minimum absolute atomic E-state index is 0.00934. The molecule has 1 aliphatic heterocycles. The largest absolute Gasteiger partial charge is 0.497 e. The molecule has 5 fully saturated rings. The van der Waals surface area contributed by atoms with E-state index in [-0.39, 0.29) is 16.9 Å². The van der Waals surface area contributed by atoms with Gasteiger partial charge in [0.2, 0.25) is 0 Å². The zero-order valence-electron chi connectivity index (χ0n) is 24.9. The molecular formula is C33H50O7. The summed E-state index contributed by atoms with van der Waals surface area (Å²) in [5, 5.41) is 33.7. The number of hydrogen-bond acceptors (Lipinski definition) is 7. The average Bonchev–Trinajstić information content (AvgIpc) is 3.23. The second kappa shape index (κ2) is 10.5. The fourth-order valence-corrected chi connectivity index (χ4v) is 10.3. The van der Waals surface area contributed by atoms with Crippen molar-refractivity contribution in [1.29, 1.82) is 0 Å². The number of benzene rings is 1. The lowest BCUT2D eigenvalue weighted by Gasteiger charge is -2.64. The molecule has 3 unspecified atom stereocenters. The lowest BCUT2D eigenvalue weighted by Crippen LogP contribution is -2.62. The SMILES string of the molecule is COc1cccc(C2CC[C@@]3(O)[C@@H]4CCC5CC(O[C@@H]6O[C@H](C)[C@@H](O)[C@H](OC)[C@H]6O)CC[C@]5(C)[C@@H]4CC[C@]23C)c1. The normalized spacial score (nSPS) is 50.5. The van der Waals surface area contributed by atoms with Crippen molar-refractivity contribution in [2.24, 2.45) is 28.6 Å². The van der Waals surface area contributed by atoms with Crippen molar-refractivity contribution in [2.75, 3.05) is 14.2 Å². The predicted octanol–water partition coefficient (Wildman–Crippen LogP) is 4.80. The van der Waals surface area contributed by atoms with Gasteiger partial charge in [-0.2, -0.15) is 0 Å². The van der Waals surface area contributed by atoms with Gasteiger partial charge in [0.15, 0.2) is 6.29 Å². The fourth-order valence-electron chi connectivity index (χ4n) is 10.3. The van der Waals surface area contributed by atoms with Crippen LogP contribution >= 0.6 is 0 Å². The Morgan fingerprint density at radius 1 is 0.925 bits per heavy atom. The second-order valence-electron chi connectivity index (χ2n) is 14.2. The third kappa shape index (κ3) is 4.29. The van der Waals surface area contributed by atoms with E-state index in [9.17, 15) is 15.3 Å². The highest BCUT2D eigenvalue weighted by molar-refractivity contribution is 5.35. The molecule has 40 heavy (non-hydrogen) atoms. The molecule has 0 aromatic heterocycles. The van der Waals surface area contributed by atoms with Crippen LogP contribution in [0.25, 0.3) is 0 Å². The zero-order valence-corrected chi connectivity index (χ0v) is 24.9. The Morgan fingerprint density at radius 3 is 2.48 bits per heavy atom. The summed E-state index contributed by atoms with van der Waals surface area (Å²) in [5.41, 5.74) is 0.714. The molecule has 0 spiro atoms. The Bertz CT molecular complexity index is 1060. The Balaban J connectivity index is 1.16. The van der Waals surface area contributed by atoms with Gasteiger partial charge in [-0.05, 0) is 111 Å². The number of aliphatic hydroxyl groups excluding tert-OH is 2. The fraction of sp³-hybridized carbons (Fsp3) is 0.818. The highest BCUT2D eigenvalue weighted by Crippen LogP contribution is 2.70. The molecule has 4 saturated carbocycles. The van der Waals surface area contributed by atoms with Gasteiger partial charge in [-0.25, -0.2) is 0 Å². The number of ether oxygens (including phenoxy) is 4. The van der Waals surface area contributed by atoms with E-state index >= 15 is 0 Å². The van der Waals surface area contributed by atoms with Crippen LogP contribution in [0.3, 0.4) is 0 Å². The third-order valence-corrected chi connectivity index (χ3v) is 12.7. The van der Waals surface area contributed by atoms with Gasteiger partial charge in [0.05, 0.1) is 24.9 Å². The van der Waals surface area contributed by atoms with Gasteiger partial charge in [0, 0.05) is 12.5 Å². The number of fused-ring (bicyclic) bond motifs is 5. The predicted molar refractivity (Wildman–Crippen MR) is 151 cm³/mol. The molecule has 1 saturated heterocycles. The summed E-state index contributed by atoms with van der Waals surface area (Å²) < 4.78 is 23.2. The number of aliphatic hydroxyl groups is 3. The van der Waals surface area contributed by atoms with Crippen LogP contribution < -0.4 is 4.74 Å². The topological polar surface area (TPSA) is 97.6 Å². The van der Waals surface area contributed by atoms with E-state index < -0.39 is 36.3 Å². The third-order valence-electron chi connectivity index (χ3n) is 12.7. The summed E-state index contributed by atoms with van der Waals surface area (Å²) in [5.74, 6) is 2.61. The highest BCUT2D eigenvalue weighted by atomic mass is 16.7. The summed E-state index contributed by atoms with van der Waals surface area (Å²) in [6.45, 7) is 6.64. The average molecular weight is 559 g/mol. The zero-order chi connectivity index (χ0) is 28.4. The molecule has 0 amide bonds. The van der Waals surface area contributed by atoms with E-state index in [0.29, 0.717) is 23.7 Å². The van der Waals surface area contributed by atoms with E-state index in [1.165, 1.54) is 12.7 Å². The van der Waals surface area contributed by atoms with Gasteiger partial charge in [-0.3, -0.25) is 0 Å². The first-order chi connectivity index (χ1) is 19.1. The minimum Gasteiger partial charge on any atom is -0.497 e. The maximum atomic E-state index is 12.6. The standard InChI is InChI=1S/C33H50O7/c1-19-27(34)29(38-5)28(35)30(39-19)40-23-11-14-31(2)21(18-23)9-10-26-25(31)12-15-32(3)24(13-16-33(26,32)36)20-7-6-8-22(17-20)37-4/h6-8,17,19,21,23-30,34-36H,9-16,18H2,1-5H3/t19-,21?,23?,24?,25-,26-,27-,28-,29+,30+,31+,32-,33-/m1/s1. The molecule has 13 atom stereocenters. The summed E-state index contributed by atoms with van der Waals surface area (Å²) in [6.07, 6.45) is 5.33. The maximum absolute atomic E-state index is 12.6. The molecule has 5 aliphatic rings. The van der Waals surface area contributed by atoms with Crippen molar-refractivity contribution in [3.63, 3.8) is 0 Å². The van der Waals surface area contributed by atoms with Crippen molar-refractivity contribution < 1.29 is 34.3 Å². The molecule has 4 aliphatic carbocycles. The first kappa shape index (κ1) is 28.9. The van der Waals surface area contributed by atoms with E-state index in [0.717, 1.165) is 63.5 Å². The molecular weight excluding hydrogens is 508 g/mol. The Hall–Kier alpha value is -1.22. The molecule has 1 aromatic rings. The highest BCUT2D eigenvalue weighted by Gasteiger charge is 2.67. The minimum atomic E-state index is -1.02. The van der Waals surface area contributed by atoms with Crippen molar-refractivity contribution in [3.05, 3.63) is 29.8 Å². The lowest BCUT2D eigenvalue weighted by molar-refractivity contribution is -0.313. The first-order valence-electron chi connectivity index (χ1n) is 15.6. The van der Waals surface area contributed by atoms with Gasteiger partial charge in [-0.1, -0.05) is 26.0 Å². The van der Waals surface area contributed by atoms with E-state index in [2.05, 4.69) is 32.0 Å². The quantitative estimate of drug-likeness (QED) is 0.447. The molecule has 7 heteroatoms. The smallest absolute Gasteiger partial charge is 0.186 e. The summed E-state index contributed by atoms with van der Waals surface area (Å²) in [7, 11) is 3.23. The molecule has 1 aromatic carbocycles. The van der Waals surface area contributed by atoms with Gasteiger partial charge in [-0.15, -0.1) is 0 Å². The van der Waals surface area contributed by atoms with Gasteiger partial charge < -0.3 is 34.3 Å². The van der Waals surface area contributed by atoms with Crippen LogP contribution in [0.5, 0.6) is 5.75 Å². The van der Waals surface area contributed by atoms with Crippen molar-refractivity contribution >= 4 is 0 Å². The maximum Gasteiger partial charge on any atom is 0.186 e. The van der Waals surface area contributed by atoms with Crippen LogP contribution in [0.1, 0.15) is 90.0 Å². The molecule has 224 valence electrons. The summed E-state index contributed by atoms with van der Waals surface area (Å²) >= 11 is 0. The molecule has 3 N–H and O–H groups in total. The van der Waals surface area contributed by atoms with E-state index in [1.807, 2.05) is 6.07 Å². The Kier molecular flexibility index (Phi) is 7.58. The van der Waals surface area contributed by atoms with Gasteiger partial charge in [0.1, 0.15) is 24.1 Å². The van der Waals surface area contributed by atoms with Crippen molar-refractivity contribution in [3.8, 4) is 5.75 Å². The van der Waals surface area contributed by atoms with Crippen LogP contribution in [-0.2, 0) is 14.2 Å². The molecule has 0 radical (unpaired) electrons. The van der Waals surface area contributed by atoms with Crippen LogP contribution in [-0.4, -0.2) is 72.0 Å². The van der Waals surface area contributed by atoms with Gasteiger partial charge in [0.25, 0.3) is 0 Å². The van der Waals surface area contributed by atoms with Crippen molar-refractivity contribution in [1.82, 2.24) is 0 Å².